The SMILES string of the molecule is CC(C)=CCCC(C)C1=C(O)C(Nc2ccc(Br)cc2)=C(C)C(=O)C1=O. The maximum absolute atomic E-state index is 12.5. The Morgan fingerprint density at radius 1 is 1.19 bits per heavy atom. The first-order chi connectivity index (χ1) is 12.2. The van der Waals surface area contributed by atoms with Gasteiger partial charge in [0.05, 0.1) is 11.3 Å². The summed E-state index contributed by atoms with van der Waals surface area (Å²) in [7, 11) is 0. The number of ketones is 2. The summed E-state index contributed by atoms with van der Waals surface area (Å²) in [4.78, 5) is 24.9. The summed E-state index contributed by atoms with van der Waals surface area (Å²) in [6, 6.07) is 7.38. The molecule has 0 fully saturated rings. The van der Waals surface area contributed by atoms with Gasteiger partial charge >= 0.3 is 0 Å². The second kappa shape index (κ2) is 8.49. The fourth-order valence-corrected chi connectivity index (χ4v) is 3.14. The molecule has 26 heavy (non-hydrogen) atoms. The van der Waals surface area contributed by atoms with Crippen molar-refractivity contribution in [2.24, 2.45) is 5.92 Å². The van der Waals surface area contributed by atoms with Crippen molar-refractivity contribution in [2.45, 2.75) is 40.5 Å². The smallest absolute Gasteiger partial charge is 0.233 e. The number of hydrogen-bond donors (Lipinski definition) is 2. The third-order valence-electron chi connectivity index (χ3n) is 4.42. The van der Waals surface area contributed by atoms with Crippen LogP contribution in [-0.4, -0.2) is 16.7 Å². The molecule has 2 rings (SSSR count). The van der Waals surface area contributed by atoms with Crippen molar-refractivity contribution in [3.63, 3.8) is 0 Å². The second-order valence-corrected chi connectivity index (χ2v) is 7.73. The highest BCUT2D eigenvalue weighted by atomic mass is 79.9. The third-order valence-corrected chi connectivity index (χ3v) is 4.95. The maximum atomic E-state index is 12.5. The van der Waals surface area contributed by atoms with E-state index in [0.29, 0.717) is 12.1 Å². The summed E-state index contributed by atoms with van der Waals surface area (Å²) in [6.45, 7) is 7.46. The van der Waals surface area contributed by atoms with Gasteiger partial charge in [0.25, 0.3) is 0 Å². The summed E-state index contributed by atoms with van der Waals surface area (Å²) in [5.41, 5.74) is 2.67. The van der Waals surface area contributed by atoms with E-state index in [4.69, 9.17) is 0 Å². The average molecular weight is 418 g/mol. The molecule has 1 aliphatic rings. The van der Waals surface area contributed by atoms with E-state index in [1.54, 1.807) is 6.92 Å². The molecule has 0 aliphatic heterocycles. The predicted molar refractivity (Wildman–Crippen MR) is 108 cm³/mol. The number of aliphatic hydroxyl groups is 1. The molecule has 2 N–H and O–H groups in total. The number of Topliss-reactive ketones (excluding diaryl/α,β-unsaturated/α-hetero) is 2. The Balaban J connectivity index is 2.35. The van der Waals surface area contributed by atoms with Crippen LogP contribution in [0.25, 0.3) is 0 Å². The van der Waals surface area contributed by atoms with Gasteiger partial charge in [0.2, 0.25) is 11.6 Å². The summed E-state index contributed by atoms with van der Waals surface area (Å²) in [6.07, 6.45) is 3.57. The van der Waals surface area contributed by atoms with Crippen LogP contribution in [0.3, 0.4) is 0 Å². The lowest BCUT2D eigenvalue weighted by Gasteiger charge is -2.24. The van der Waals surface area contributed by atoms with E-state index in [1.165, 1.54) is 5.57 Å². The number of aliphatic hydroxyl groups excluding tert-OH is 1. The normalized spacial score (nSPS) is 16.0. The Bertz CT molecular complexity index is 812. The Morgan fingerprint density at radius 3 is 2.38 bits per heavy atom. The van der Waals surface area contributed by atoms with Crippen molar-refractivity contribution in [2.75, 3.05) is 5.32 Å². The fraction of sp³-hybridized carbons (Fsp3) is 0.333. The number of anilines is 1. The van der Waals surface area contributed by atoms with E-state index in [1.807, 2.05) is 45.0 Å². The lowest BCUT2D eigenvalue weighted by molar-refractivity contribution is -0.132. The van der Waals surface area contributed by atoms with Crippen molar-refractivity contribution < 1.29 is 14.7 Å². The zero-order valence-corrected chi connectivity index (χ0v) is 17.1. The number of allylic oxidation sites excluding steroid dienone is 4. The van der Waals surface area contributed by atoms with E-state index in [-0.39, 0.29) is 22.8 Å². The van der Waals surface area contributed by atoms with Crippen LogP contribution < -0.4 is 5.32 Å². The largest absolute Gasteiger partial charge is 0.505 e. The van der Waals surface area contributed by atoms with Gasteiger partial charge in [0.1, 0.15) is 5.76 Å². The summed E-state index contributed by atoms with van der Waals surface area (Å²) in [5.74, 6) is -1.51. The monoisotopic (exact) mass is 417 g/mol. The number of hydrogen-bond acceptors (Lipinski definition) is 4. The van der Waals surface area contributed by atoms with Crippen LogP contribution in [0.5, 0.6) is 0 Å². The molecular formula is C21H24BrNO3. The molecule has 4 nitrogen and oxygen atoms in total. The maximum Gasteiger partial charge on any atom is 0.233 e. The second-order valence-electron chi connectivity index (χ2n) is 6.81. The Hall–Kier alpha value is -2.14. The summed E-state index contributed by atoms with van der Waals surface area (Å²) < 4.78 is 0.928. The first-order valence-corrected chi connectivity index (χ1v) is 9.41. The highest BCUT2D eigenvalue weighted by molar-refractivity contribution is 9.10. The molecule has 0 amide bonds. The molecule has 0 saturated carbocycles. The summed E-state index contributed by atoms with van der Waals surface area (Å²) >= 11 is 3.37. The lowest BCUT2D eigenvalue weighted by atomic mass is 9.83. The number of halogens is 1. The van der Waals surface area contributed by atoms with Crippen LogP contribution >= 0.6 is 15.9 Å². The van der Waals surface area contributed by atoms with Gasteiger partial charge in [-0.05, 0) is 63.8 Å². The molecule has 1 atom stereocenters. The molecule has 1 aliphatic carbocycles. The number of benzene rings is 1. The molecule has 0 bridgehead atoms. The van der Waals surface area contributed by atoms with E-state index < -0.39 is 11.6 Å². The average Bonchev–Trinajstić information content (AvgIpc) is 2.58. The van der Waals surface area contributed by atoms with Gasteiger partial charge in [-0.2, -0.15) is 0 Å². The number of carbonyl (C=O) groups excluding carboxylic acids is 2. The van der Waals surface area contributed by atoms with Gasteiger partial charge in [-0.25, -0.2) is 0 Å². The minimum absolute atomic E-state index is 0.125. The Morgan fingerprint density at radius 2 is 1.81 bits per heavy atom. The van der Waals surface area contributed by atoms with E-state index in [0.717, 1.165) is 16.6 Å². The topological polar surface area (TPSA) is 66.4 Å². The highest BCUT2D eigenvalue weighted by Gasteiger charge is 2.35. The van der Waals surface area contributed by atoms with Crippen LogP contribution in [0.4, 0.5) is 5.69 Å². The van der Waals surface area contributed by atoms with Crippen LogP contribution in [0.2, 0.25) is 0 Å². The molecule has 1 aromatic rings. The Kier molecular flexibility index (Phi) is 6.59. The van der Waals surface area contributed by atoms with Crippen LogP contribution in [0, 0.1) is 5.92 Å². The fourth-order valence-electron chi connectivity index (χ4n) is 2.88. The first kappa shape index (κ1) is 20.2. The molecule has 138 valence electrons. The minimum Gasteiger partial charge on any atom is -0.505 e. The van der Waals surface area contributed by atoms with Gasteiger partial charge in [-0.15, -0.1) is 0 Å². The Labute approximate surface area is 162 Å². The molecule has 0 saturated heterocycles. The quantitative estimate of drug-likeness (QED) is 0.365. The molecule has 1 unspecified atom stereocenters. The standard InChI is InChI=1S/C21H24BrNO3/c1-12(2)6-5-7-13(3)17-20(25)18(14(4)19(24)21(17)26)23-16-10-8-15(22)9-11-16/h6,8-11,13,23,25H,5,7H2,1-4H3. The third kappa shape index (κ3) is 4.52. The molecule has 0 radical (unpaired) electrons. The van der Waals surface area contributed by atoms with E-state index in [2.05, 4.69) is 27.3 Å². The number of rotatable bonds is 6. The molecule has 0 spiro atoms. The van der Waals surface area contributed by atoms with E-state index in [9.17, 15) is 14.7 Å². The zero-order chi connectivity index (χ0) is 19.4. The molecule has 1 aromatic carbocycles. The summed E-state index contributed by atoms with van der Waals surface area (Å²) in [5, 5.41) is 13.8. The van der Waals surface area contributed by atoms with Gasteiger partial charge in [-0.1, -0.05) is 34.5 Å². The van der Waals surface area contributed by atoms with Crippen LogP contribution in [0.1, 0.15) is 40.5 Å². The van der Waals surface area contributed by atoms with Gasteiger partial charge in [-0.3, -0.25) is 9.59 Å². The molecule has 0 heterocycles. The number of carbonyl (C=O) groups is 2. The zero-order valence-electron chi connectivity index (χ0n) is 15.5. The predicted octanol–water partition coefficient (Wildman–Crippen LogP) is 5.48. The van der Waals surface area contributed by atoms with Crippen molar-refractivity contribution in [1.29, 1.82) is 0 Å². The number of nitrogens with one attached hydrogen (secondary N) is 1. The minimum atomic E-state index is -0.606. The van der Waals surface area contributed by atoms with Gasteiger partial charge < -0.3 is 10.4 Å². The molecule has 5 heteroatoms. The highest BCUT2D eigenvalue weighted by Crippen LogP contribution is 2.32. The van der Waals surface area contributed by atoms with Gasteiger partial charge in [0, 0.05) is 15.7 Å². The van der Waals surface area contributed by atoms with Crippen molar-refractivity contribution >= 4 is 33.2 Å². The van der Waals surface area contributed by atoms with Gasteiger partial charge in [0.15, 0.2) is 0 Å². The lowest BCUT2D eigenvalue weighted by Crippen LogP contribution is -2.30. The molecular weight excluding hydrogens is 394 g/mol. The van der Waals surface area contributed by atoms with Crippen LogP contribution in [-0.2, 0) is 9.59 Å². The van der Waals surface area contributed by atoms with Crippen molar-refractivity contribution in [3.05, 3.63) is 63.0 Å². The van der Waals surface area contributed by atoms with E-state index >= 15 is 0 Å². The first-order valence-electron chi connectivity index (χ1n) is 8.61. The molecule has 0 aromatic heterocycles. The van der Waals surface area contributed by atoms with Crippen molar-refractivity contribution in [1.82, 2.24) is 0 Å². The van der Waals surface area contributed by atoms with Crippen molar-refractivity contribution in [3.8, 4) is 0 Å². The van der Waals surface area contributed by atoms with Crippen LogP contribution in [0.15, 0.2) is 63.0 Å².